The summed E-state index contributed by atoms with van der Waals surface area (Å²) in [4.78, 5) is 24.0. The van der Waals surface area contributed by atoms with Crippen molar-refractivity contribution in [2.24, 2.45) is 0 Å². The Labute approximate surface area is 193 Å². The van der Waals surface area contributed by atoms with Crippen LogP contribution in [-0.4, -0.2) is 96.2 Å². The lowest BCUT2D eigenvalue weighted by molar-refractivity contribution is -0.300. The summed E-state index contributed by atoms with van der Waals surface area (Å²) in [5.74, 6) is -0.432. The van der Waals surface area contributed by atoms with Crippen LogP contribution in [0.4, 0.5) is 0 Å². The van der Waals surface area contributed by atoms with Crippen molar-refractivity contribution < 1.29 is 47.3 Å². The van der Waals surface area contributed by atoms with Gasteiger partial charge in [0, 0.05) is 12.7 Å². The number of hydrogen-bond acceptors (Lipinski definition) is 10. The molecule has 0 spiro atoms. The van der Waals surface area contributed by atoms with Crippen LogP contribution in [-0.2, 0) is 32.0 Å². The van der Waals surface area contributed by atoms with Crippen molar-refractivity contribution in [1.29, 1.82) is 0 Å². The molecule has 1 saturated heterocycles. The monoisotopic (exact) mass is 512 g/mol. The van der Waals surface area contributed by atoms with Gasteiger partial charge in [-0.3, -0.25) is 4.79 Å². The SMILES string of the molecule is CCOC1OC(COC(=O)C[Si](C)(C)O[Si](C)(C)O[Si](C)(C)CC(C)=O)C(O)C(O)C1O. The first-order valence-electron chi connectivity index (χ1n) is 10.9. The Balaban J connectivity index is 2.64. The number of ketones is 1. The Bertz CT molecular complexity index is 643. The summed E-state index contributed by atoms with van der Waals surface area (Å²) >= 11 is 0. The van der Waals surface area contributed by atoms with Crippen molar-refractivity contribution >= 4 is 36.9 Å². The molecular formula is C19H40O10Si3. The maximum absolute atomic E-state index is 12.5. The Morgan fingerprint density at radius 3 is 1.91 bits per heavy atom. The van der Waals surface area contributed by atoms with E-state index in [9.17, 15) is 24.9 Å². The molecule has 32 heavy (non-hydrogen) atoms. The first kappa shape index (κ1) is 29.5. The predicted octanol–water partition coefficient (Wildman–Crippen LogP) is 1.11. The van der Waals surface area contributed by atoms with E-state index in [1.54, 1.807) is 13.8 Å². The quantitative estimate of drug-likeness (QED) is 0.257. The van der Waals surface area contributed by atoms with E-state index in [0.717, 1.165) is 0 Å². The second kappa shape index (κ2) is 11.8. The molecule has 1 rings (SSSR count). The maximum atomic E-state index is 12.5. The lowest BCUT2D eigenvalue weighted by Crippen LogP contribution is -2.59. The first-order valence-corrected chi connectivity index (χ1v) is 19.9. The minimum absolute atomic E-state index is 0.0599. The van der Waals surface area contributed by atoms with Gasteiger partial charge in [0.15, 0.2) is 22.9 Å². The van der Waals surface area contributed by atoms with Crippen molar-refractivity contribution in [2.45, 2.75) is 95.9 Å². The third kappa shape index (κ3) is 9.79. The van der Waals surface area contributed by atoms with Crippen molar-refractivity contribution in [3.63, 3.8) is 0 Å². The molecule has 0 amide bonds. The molecule has 1 aliphatic rings. The van der Waals surface area contributed by atoms with E-state index in [1.165, 1.54) is 0 Å². The number of rotatable bonds is 12. The zero-order chi connectivity index (χ0) is 24.9. The van der Waals surface area contributed by atoms with Gasteiger partial charge in [0.2, 0.25) is 0 Å². The zero-order valence-corrected chi connectivity index (χ0v) is 23.4. The van der Waals surface area contributed by atoms with Crippen LogP contribution >= 0.6 is 0 Å². The van der Waals surface area contributed by atoms with Gasteiger partial charge in [-0.05, 0) is 53.1 Å². The molecular weight excluding hydrogens is 472 g/mol. The molecule has 0 bridgehead atoms. The number of Topliss-reactive ketones (excluding diaryl/α,β-unsaturated/α-hetero) is 1. The molecule has 1 fully saturated rings. The van der Waals surface area contributed by atoms with E-state index in [1.807, 2.05) is 39.3 Å². The van der Waals surface area contributed by atoms with Gasteiger partial charge in [-0.25, -0.2) is 0 Å². The second-order valence-corrected chi connectivity index (χ2v) is 22.0. The maximum Gasteiger partial charge on any atom is 0.311 e. The van der Waals surface area contributed by atoms with Crippen LogP contribution < -0.4 is 0 Å². The molecule has 1 heterocycles. The second-order valence-electron chi connectivity index (χ2n) is 9.83. The Hall–Kier alpha value is -0.489. The molecule has 0 aromatic rings. The summed E-state index contributed by atoms with van der Waals surface area (Å²) in [6, 6.07) is 0.466. The van der Waals surface area contributed by atoms with E-state index in [4.69, 9.17) is 22.4 Å². The van der Waals surface area contributed by atoms with Gasteiger partial charge in [-0.2, -0.15) is 0 Å². The van der Waals surface area contributed by atoms with Crippen LogP contribution in [0.15, 0.2) is 0 Å². The summed E-state index contributed by atoms with van der Waals surface area (Å²) in [6.07, 6.45) is -6.47. The molecule has 10 nitrogen and oxygen atoms in total. The molecule has 0 saturated carbocycles. The number of aliphatic hydroxyl groups excluding tert-OH is 3. The highest BCUT2D eigenvalue weighted by Gasteiger charge is 2.45. The van der Waals surface area contributed by atoms with Gasteiger partial charge in [-0.1, -0.05) is 0 Å². The molecule has 0 aliphatic carbocycles. The predicted molar refractivity (Wildman–Crippen MR) is 124 cm³/mol. The summed E-state index contributed by atoms with van der Waals surface area (Å²) in [5.41, 5.74) is 0. The standard InChI is InChI=1S/C19H40O10Si3/c1-9-25-19-18(24)17(23)16(22)14(27-19)10-26-15(21)12-31(5,6)29-32(7,8)28-30(3,4)11-13(2)20/h14,16-19,22-24H,9-12H2,1-8H3. The van der Waals surface area contributed by atoms with E-state index < -0.39 is 61.9 Å². The van der Waals surface area contributed by atoms with Gasteiger partial charge in [0.05, 0.1) is 6.04 Å². The molecule has 5 atom stereocenters. The smallest absolute Gasteiger partial charge is 0.311 e. The molecule has 0 aromatic heterocycles. The van der Waals surface area contributed by atoms with Crippen LogP contribution in [0.2, 0.25) is 51.4 Å². The van der Waals surface area contributed by atoms with Gasteiger partial charge in [0.25, 0.3) is 0 Å². The number of esters is 1. The lowest BCUT2D eigenvalue weighted by Gasteiger charge is -2.40. The Morgan fingerprint density at radius 2 is 1.41 bits per heavy atom. The molecule has 5 unspecified atom stereocenters. The van der Waals surface area contributed by atoms with Crippen molar-refractivity contribution in [3.8, 4) is 0 Å². The van der Waals surface area contributed by atoms with Crippen molar-refractivity contribution in [1.82, 2.24) is 0 Å². The molecule has 0 radical (unpaired) electrons. The van der Waals surface area contributed by atoms with Crippen molar-refractivity contribution in [2.75, 3.05) is 13.2 Å². The van der Waals surface area contributed by atoms with Crippen LogP contribution in [0.3, 0.4) is 0 Å². The first-order chi connectivity index (χ1) is 14.5. The minimum atomic E-state index is -2.59. The third-order valence-electron chi connectivity index (χ3n) is 4.70. The largest absolute Gasteiger partial charge is 0.463 e. The van der Waals surface area contributed by atoms with E-state index in [0.29, 0.717) is 6.04 Å². The third-order valence-corrected chi connectivity index (χ3v) is 15.5. The average molecular weight is 513 g/mol. The van der Waals surface area contributed by atoms with E-state index >= 15 is 0 Å². The highest BCUT2D eigenvalue weighted by atomic mass is 28.5. The summed E-state index contributed by atoms with van der Waals surface area (Å²) in [6.45, 7) is 14.8. The average Bonchev–Trinajstić information content (AvgIpc) is 2.57. The summed E-state index contributed by atoms with van der Waals surface area (Å²) in [7, 11) is -7.32. The molecule has 1 aliphatic heterocycles. The molecule has 3 N–H and O–H groups in total. The number of hydrogen-bond donors (Lipinski definition) is 3. The van der Waals surface area contributed by atoms with Gasteiger partial charge >= 0.3 is 14.5 Å². The fourth-order valence-electron chi connectivity index (χ4n) is 3.95. The van der Waals surface area contributed by atoms with Gasteiger partial charge in [-0.15, -0.1) is 0 Å². The molecule has 13 heteroatoms. The molecule has 0 aromatic carbocycles. The normalized spacial score (nSPS) is 27.3. The Morgan fingerprint density at radius 1 is 0.875 bits per heavy atom. The Kier molecular flexibility index (Phi) is 10.9. The summed E-state index contributed by atoms with van der Waals surface area (Å²) in [5, 5.41) is 30.1. The fourth-order valence-corrected chi connectivity index (χ4v) is 17.7. The highest BCUT2D eigenvalue weighted by molar-refractivity contribution is 6.89. The minimum Gasteiger partial charge on any atom is -0.463 e. The van der Waals surface area contributed by atoms with Crippen LogP contribution in [0, 0.1) is 0 Å². The van der Waals surface area contributed by atoms with Gasteiger partial charge < -0.3 is 42.6 Å². The van der Waals surface area contributed by atoms with Crippen LogP contribution in [0.5, 0.6) is 0 Å². The van der Waals surface area contributed by atoms with Gasteiger partial charge in [0.1, 0.15) is 36.8 Å². The number of aliphatic hydroxyl groups is 3. The zero-order valence-electron chi connectivity index (χ0n) is 20.4. The van der Waals surface area contributed by atoms with Crippen LogP contribution in [0.1, 0.15) is 13.8 Å². The number of carbonyl (C=O) groups is 2. The highest BCUT2D eigenvalue weighted by Crippen LogP contribution is 2.26. The van der Waals surface area contributed by atoms with E-state index in [2.05, 4.69) is 0 Å². The molecule has 188 valence electrons. The lowest BCUT2D eigenvalue weighted by atomic mass is 9.99. The topological polar surface area (TPSA) is 141 Å². The summed E-state index contributed by atoms with van der Waals surface area (Å²) < 4.78 is 28.6. The van der Waals surface area contributed by atoms with E-state index in [-0.39, 0.29) is 25.0 Å². The number of carbonyl (C=O) groups excluding carboxylic acids is 2. The fraction of sp³-hybridized carbons (Fsp3) is 0.895. The van der Waals surface area contributed by atoms with Crippen LogP contribution in [0.25, 0.3) is 0 Å². The van der Waals surface area contributed by atoms with Crippen molar-refractivity contribution in [3.05, 3.63) is 0 Å². The number of ether oxygens (including phenoxy) is 3.